The highest BCUT2D eigenvalue weighted by Gasteiger charge is 2.26. The summed E-state index contributed by atoms with van der Waals surface area (Å²) >= 11 is 0. The van der Waals surface area contributed by atoms with Gasteiger partial charge >= 0.3 is 0 Å². The van der Waals surface area contributed by atoms with E-state index in [1.165, 1.54) is 5.39 Å². The molecule has 0 aliphatic rings. The van der Waals surface area contributed by atoms with Crippen LogP contribution in [-0.4, -0.2) is 18.3 Å². The monoisotopic (exact) mass is 216 g/mol. The molecule has 3 heteroatoms. The Morgan fingerprint density at radius 3 is 2.88 bits per heavy atom. The van der Waals surface area contributed by atoms with Gasteiger partial charge in [0.25, 0.3) is 0 Å². The third-order valence-electron chi connectivity index (χ3n) is 3.23. The van der Waals surface area contributed by atoms with Gasteiger partial charge in [0, 0.05) is 29.1 Å². The van der Waals surface area contributed by atoms with Crippen molar-refractivity contribution in [3.05, 3.63) is 36.0 Å². The molecule has 1 aromatic heterocycles. The Hall–Kier alpha value is -1.61. The number of carbonyl (C=O) groups is 1. The maximum absolute atomic E-state index is 10.8. The van der Waals surface area contributed by atoms with Crippen LogP contribution in [0.5, 0.6) is 0 Å². The quantitative estimate of drug-likeness (QED) is 0.769. The number of para-hydroxylation sites is 1. The molecule has 2 N–H and O–H groups in total. The Kier molecular flexibility index (Phi) is 2.79. The Morgan fingerprint density at radius 2 is 2.19 bits per heavy atom. The summed E-state index contributed by atoms with van der Waals surface area (Å²) in [6.07, 6.45) is 3.40. The van der Waals surface area contributed by atoms with Crippen LogP contribution >= 0.6 is 0 Å². The molecule has 0 aliphatic heterocycles. The summed E-state index contributed by atoms with van der Waals surface area (Å²) in [4.78, 5) is 14.0. The zero-order valence-electron chi connectivity index (χ0n) is 9.58. The topological polar surface area (TPSA) is 44.9 Å². The summed E-state index contributed by atoms with van der Waals surface area (Å²) in [5.74, 6) is 0. The molecule has 0 spiro atoms. The van der Waals surface area contributed by atoms with Crippen LogP contribution in [0.3, 0.4) is 0 Å². The lowest BCUT2D eigenvalue weighted by atomic mass is 9.89. The number of nitrogens with one attached hydrogen (secondary N) is 2. The second kappa shape index (κ2) is 4.10. The molecule has 0 aliphatic carbocycles. The lowest BCUT2D eigenvalue weighted by molar-refractivity contribution is -0.109. The summed E-state index contributed by atoms with van der Waals surface area (Å²) in [7, 11) is 1.88. The maximum atomic E-state index is 10.8. The fourth-order valence-corrected chi connectivity index (χ4v) is 2.04. The van der Waals surface area contributed by atoms with Crippen LogP contribution in [0.4, 0.5) is 0 Å². The first-order valence-corrected chi connectivity index (χ1v) is 5.40. The smallest absolute Gasteiger partial charge is 0.122 e. The lowest BCUT2D eigenvalue weighted by Gasteiger charge is -2.26. The molecular formula is C13H16N2O. The zero-order chi connectivity index (χ0) is 11.6. The third kappa shape index (κ3) is 1.63. The van der Waals surface area contributed by atoms with Gasteiger partial charge in [0.1, 0.15) is 6.29 Å². The summed E-state index contributed by atoms with van der Waals surface area (Å²) in [5, 5.41) is 4.39. The van der Waals surface area contributed by atoms with Crippen molar-refractivity contribution in [3.8, 4) is 0 Å². The minimum atomic E-state index is -0.304. The van der Waals surface area contributed by atoms with Crippen molar-refractivity contribution in [2.45, 2.75) is 18.9 Å². The lowest BCUT2D eigenvalue weighted by Crippen LogP contribution is -2.36. The highest BCUT2D eigenvalue weighted by atomic mass is 16.1. The number of H-pyrrole nitrogens is 1. The number of hydrogen-bond acceptors (Lipinski definition) is 2. The molecular weight excluding hydrogens is 200 g/mol. The SMILES string of the molecule is CNC(C)(CC=O)c1c[nH]c2ccccc12. The van der Waals surface area contributed by atoms with Gasteiger partial charge in [-0.3, -0.25) is 0 Å². The Bertz CT molecular complexity index is 503. The van der Waals surface area contributed by atoms with E-state index in [1.54, 1.807) is 0 Å². The van der Waals surface area contributed by atoms with Gasteiger partial charge in [0.15, 0.2) is 0 Å². The van der Waals surface area contributed by atoms with Crippen LogP contribution < -0.4 is 5.32 Å². The first kappa shape index (κ1) is 10.9. The minimum absolute atomic E-state index is 0.304. The highest BCUT2D eigenvalue weighted by molar-refractivity contribution is 5.84. The molecule has 3 nitrogen and oxygen atoms in total. The first-order valence-electron chi connectivity index (χ1n) is 5.40. The Morgan fingerprint density at radius 1 is 1.44 bits per heavy atom. The summed E-state index contributed by atoms with van der Waals surface area (Å²) in [6.45, 7) is 2.04. The molecule has 1 unspecified atom stereocenters. The van der Waals surface area contributed by atoms with E-state index in [0.717, 1.165) is 17.4 Å². The van der Waals surface area contributed by atoms with Gasteiger partial charge in [0.2, 0.25) is 0 Å². The number of rotatable bonds is 4. The van der Waals surface area contributed by atoms with E-state index in [1.807, 2.05) is 38.4 Å². The molecule has 0 amide bonds. The number of aromatic nitrogens is 1. The molecule has 0 saturated carbocycles. The Balaban J connectivity index is 2.57. The van der Waals surface area contributed by atoms with Crippen molar-refractivity contribution in [3.63, 3.8) is 0 Å². The van der Waals surface area contributed by atoms with E-state index >= 15 is 0 Å². The van der Waals surface area contributed by atoms with Gasteiger partial charge < -0.3 is 15.1 Å². The zero-order valence-corrected chi connectivity index (χ0v) is 9.58. The third-order valence-corrected chi connectivity index (χ3v) is 3.23. The first-order chi connectivity index (χ1) is 7.71. The number of fused-ring (bicyclic) bond motifs is 1. The fraction of sp³-hybridized carbons (Fsp3) is 0.308. The molecule has 84 valence electrons. The van der Waals surface area contributed by atoms with Crippen LogP contribution in [0.1, 0.15) is 18.9 Å². The number of hydrogen-bond donors (Lipinski definition) is 2. The predicted molar refractivity (Wildman–Crippen MR) is 65.4 cm³/mol. The molecule has 0 saturated heterocycles. The Labute approximate surface area is 94.9 Å². The second-order valence-electron chi connectivity index (χ2n) is 4.20. The maximum Gasteiger partial charge on any atom is 0.122 e. The van der Waals surface area contributed by atoms with Crippen molar-refractivity contribution in [1.29, 1.82) is 0 Å². The van der Waals surface area contributed by atoms with Gasteiger partial charge in [-0.05, 0) is 25.6 Å². The van der Waals surface area contributed by atoms with Crippen LogP contribution in [0.25, 0.3) is 10.9 Å². The van der Waals surface area contributed by atoms with Gasteiger partial charge in [-0.2, -0.15) is 0 Å². The molecule has 0 bridgehead atoms. The summed E-state index contributed by atoms with van der Waals surface area (Å²) in [6, 6.07) is 8.12. The van der Waals surface area contributed by atoms with Gasteiger partial charge in [-0.1, -0.05) is 18.2 Å². The summed E-state index contributed by atoms with van der Waals surface area (Å²) < 4.78 is 0. The number of aromatic amines is 1. The molecule has 1 aromatic carbocycles. The average Bonchev–Trinajstić information content (AvgIpc) is 2.73. The van der Waals surface area contributed by atoms with Crippen molar-refractivity contribution >= 4 is 17.2 Å². The van der Waals surface area contributed by atoms with E-state index in [0.29, 0.717) is 6.42 Å². The number of carbonyl (C=O) groups excluding carboxylic acids is 1. The van der Waals surface area contributed by atoms with E-state index in [-0.39, 0.29) is 5.54 Å². The standard InChI is InChI=1S/C13H16N2O/c1-13(14-2,7-8-16)11-9-15-12-6-4-3-5-10(11)12/h3-6,8-9,14-15H,7H2,1-2H3. The minimum Gasteiger partial charge on any atom is -0.361 e. The van der Waals surface area contributed by atoms with E-state index in [2.05, 4.69) is 16.4 Å². The van der Waals surface area contributed by atoms with Crippen LogP contribution in [0.15, 0.2) is 30.5 Å². The number of benzene rings is 1. The van der Waals surface area contributed by atoms with Crippen molar-refractivity contribution < 1.29 is 4.79 Å². The molecule has 2 rings (SSSR count). The van der Waals surface area contributed by atoms with Crippen molar-refractivity contribution in [2.24, 2.45) is 0 Å². The van der Waals surface area contributed by atoms with Gasteiger partial charge in [-0.25, -0.2) is 0 Å². The van der Waals surface area contributed by atoms with Crippen LogP contribution in [-0.2, 0) is 10.3 Å². The van der Waals surface area contributed by atoms with Crippen LogP contribution in [0.2, 0.25) is 0 Å². The van der Waals surface area contributed by atoms with E-state index in [4.69, 9.17) is 0 Å². The fourth-order valence-electron chi connectivity index (χ4n) is 2.04. The highest BCUT2D eigenvalue weighted by Crippen LogP contribution is 2.30. The van der Waals surface area contributed by atoms with Gasteiger partial charge in [0.05, 0.1) is 0 Å². The molecule has 1 atom stereocenters. The van der Waals surface area contributed by atoms with Crippen molar-refractivity contribution in [1.82, 2.24) is 10.3 Å². The molecule has 16 heavy (non-hydrogen) atoms. The number of aldehydes is 1. The predicted octanol–water partition coefficient (Wildman–Crippen LogP) is 2.19. The van der Waals surface area contributed by atoms with E-state index < -0.39 is 0 Å². The average molecular weight is 216 g/mol. The van der Waals surface area contributed by atoms with Crippen LogP contribution in [0, 0.1) is 0 Å². The largest absolute Gasteiger partial charge is 0.361 e. The van der Waals surface area contributed by atoms with E-state index in [9.17, 15) is 4.79 Å². The molecule has 0 fully saturated rings. The molecule has 2 aromatic rings. The normalized spacial score (nSPS) is 14.9. The van der Waals surface area contributed by atoms with Crippen molar-refractivity contribution in [2.75, 3.05) is 7.05 Å². The summed E-state index contributed by atoms with van der Waals surface area (Å²) in [5.41, 5.74) is 1.93. The second-order valence-corrected chi connectivity index (χ2v) is 4.20. The molecule has 0 radical (unpaired) electrons. The molecule has 1 heterocycles. The van der Waals surface area contributed by atoms with Gasteiger partial charge in [-0.15, -0.1) is 0 Å².